The molecule has 98 valence electrons. The van der Waals surface area contributed by atoms with Crippen molar-refractivity contribution >= 4 is 11.6 Å². The summed E-state index contributed by atoms with van der Waals surface area (Å²) in [5, 5.41) is 5.87. The number of amides is 1. The van der Waals surface area contributed by atoms with Crippen molar-refractivity contribution in [2.75, 3.05) is 19.0 Å². The Kier molecular flexibility index (Phi) is 5.24. The Morgan fingerprint density at radius 3 is 2.89 bits per heavy atom. The minimum atomic E-state index is -0.332. The molecule has 0 spiro atoms. The maximum Gasteiger partial charge on any atom is 0.242 e. The van der Waals surface area contributed by atoms with E-state index in [4.69, 9.17) is 4.74 Å². The topological polar surface area (TPSA) is 50.4 Å². The van der Waals surface area contributed by atoms with Gasteiger partial charge in [-0.2, -0.15) is 0 Å². The zero-order valence-corrected chi connectivity index (χ0v) is 11.1. The Morgan fingerprint density at radius 2 is 2.28 bits per heavy atom. The van der Waals surface area contributed by atoms with Crippen molar-refractivity contribution in [2.24, 2.45) is 0 Å². The number of hydrogen-bond acceptors (Lipinski definition) is 3. The van der Waals surface area contributed by atoms with Crippen molar-refractivity contribution in [2.45, 2.75) is 19.9 Å². The molecule has 1 rings (SSSR count). The quantitative estimate of drug-likeness (QED) is 0.758. The molecule has 4 heteroatoms. The second kappa shape index (κ2) is 6.69. The van der Waals surface area contributed by atoms with Gasteiger partial charge in [-0.25, -0.2) is 0 Å². The van der Waals surface area contributed by atoms with Gasteiger partial charge in [-0.05, 0) is 31.5 Å². The summed E-state index contributed by atoms with van der Waals surface area (Å²) in [4.78, 5) is 11.7. The molecule has 4 nitrogen and oxygen atoms in total. The number of hydrogen-bond donors (Lipinski definition) is 2. The van der Waals surface area contributed by atoms with Crippen molar-refractivity contribution in [3.05, 3.63) is 36.4 Å². The molecule has 0 aliphatic heterocycles. The van der Waals surface area contributed by atoms with Gasteiger partial charge in [0.05, 0.1) is 12.8 Å². The minimum Gasteiger partial charge on any atom is -0.495 e. The first-order chi connectivity index (χ1) is 8.58. The fourth-order valence-corrected chi connectivity index (χ4v) is 1.54. The highest BCUT2D eigenvalue weighted by Gasteiger charge is 2.13. The van der Waals surface area contributed by atoms with Crippen LogP contribution in [0.1, 0.15) is 12.5 Å². The molecular weight excluding hydrogens is 228 g/mol. The van der Waals surface area contributed by atoms with E-state index >= 15 is 0 Å². The summed E-state index contributed by atoms with van der Waals surface area (Å²) in [6.45, 7) is 7.82. The first-order valence-electron chi connectivity index (χ1n) is 5.88. The number of ether oxygens (including phenoxy) is 1. The second-order valence-corrected chi connectivity index (χ2v) is 4.10. The Balaban J connectivity index is 2.71. The lowest BCUT2D eigenvalue weighted by molar-refractivity contribution is -0.121. The van der Waals surface area contributed by atoms with Crippen molar-refractivity contribution in [1.29, 1.82) is 0 Å². The molecule has 0 bridgehead atoms. The van der Waals surface area contributed by atoms with Crippen LogP contribution in [0.5, 0.6) is 5.75 Å². The van der Waals surface area contributed by atoms with Gasteiger partial charge in [0, 0.05) is 6.54 Å². The SMILES string of the molecule is C=CCNC(=O)[C@H](C)Nc1ccc(C)cc1OC. The maximum absolute atomic E-state index is 11.7. The number of nitrogens with one attached hydrogen (secondary N) is 2. The molecule has 2 N–H and O–H groups in total. The second-order valence-electron chi connectivity index (χ2n) is 4.10. The predicted octanol–water partition coefficient (Wildman–Crippen LogP) is 2.11. The van der Waals surface area contributed by atoms with E-state index in [1.54, 1.807) is 20.1 Å². The van der Waals surface area contributed by atoms with Crippen molar-refractivity contribution in [3.63, 3.8) is 0 Å². The third-order valence-electron chi connectivity index (χ3n) is 2.54. The van der Waals surface area contributed by atoms with E-state index in [9.17, 15) is 4.79 Å². The number of carbonyl (C=O) groups is 1. The van der Waals surface area contributed by atoms with Gasteiger partial charge in [0.15, 0.2) is 0 Å². The van der Waals surface area contributed by atoms with Crippen molar-refractivity contribution in [1.82, 2.24) is 5.32 Å². The summed E-state index contributed by atoms with van der Waals surface area (Å²) >= 11 is 0. The number of rotatable bonds is 6. The predicted molar refractivity (Wildman–Crippen MR) is 74.0 cm³/mol. The molecule has 1 atom stereocenters. The molecule has 18 heavy (non-hydrogen) atoms. The number of carbonyl (C=O) groups excluding carboxylic acids is 1. The van der Waals surface area contributed by atoms with E-state index in [0.717, 1.165) is 17.0 Å². The van der Waals surface area contributed by atoms with Gasteiger partial charge in [-0.1, -0.05) is 12.1 Å². The van der Waals surface area contributed by atoms with Crippen LogP contribution in [0.2, 0.25) is 0 Å². The van der Waals surface area contributed by atoms with Crippen LogP contribution in [0.3, 0.4) is 0 Å². The van der Waals surface area contributed by atoms with Crippen LogP contribution in [-0.2, 0) is 4.79 Å². The van der Waals surface area contributed by atoms with Gasteiger partial charge < -0.3 is 15.4 Å². The normalized spacial score (nSPS) is 11.5. The monoisotopic (exact) mass is 248 g/mol. The molecule has 0 fully saturated rings. The van der Waals surface area contributed by atoms with Gasteiger partial charge in [0.25, 0.3) is 0 Å². The number of methoxy groups -OCH3 is 1. The molecule has 0 saturated heterocycles. The summed E-state index contributed by atoms with van der Waals surface area (Å²) in [7, 11) is 1.61. The summed E-state index contributed by atoms with van der Waals surface area (Å²) in [5.74, 6) is 0.663. The van der Waals surface area contributed by atoms with Gasteiger partial charge in [-0.15, -0.1) is 6.58 Å². The van der Waals surface area contributed by atoms with E-state index in [1.165, 1.54) is 0 Å². The van der Waals surface area contributed by atoms with E-state index in [2.05, 4.69) is 17.2 Å². The van der Waals surface area contributed by atoms with Crippen LogP contribution in [0, 0.1) is 6.92 Å². The highest BCUT2D eigenvalue weighted by Crippen LogP contribution is 2.25. The zero-order valence-electron chi connectivity index (χ0n) is 11.1. The van der Waals surface area contributed by atoms with E-state index in [1.807, 2.05) is 25.1 Å². The number of anilines is 1. The Labute approximate surface area is 108 Å². The average molecular weight is 248 g/mol. The standard InChI is InChI=1S/C14H20N2O2/c1-5-8-15-14(17)11(3)16-12-7-6-10(2)9-13(12)18-4/h5-7,9,11,16H,1,8H2,2-4H3,(H,15,17)/t11-/m0/s1. The van der Waals surface area contributed by atoms with Crippen LogP contribution >= 0.6 is 0 Å². The minimum absolute atomic E-state index is 0.0717. The Hall–Kier alpha value is -1.97. The summed E-state index contributed by atoms with van der Waals surface area (Å²) < 4.78 is 5.28. The third-order valence-corrected chi connectivity index (χ3v) is 2.54. The van der Waals surface area contributed by atoms with Crippen LogP contribution in [0.4, 0.5) is 5.69 Å². The van der Waals surface area contributed by atoms with Crippen molar-refractivity contribution in [3.8, 4) is 5.75 Å². The highest BCUT2D eigenvalue weighted by atomic mass is 16.5. The zero-order chi connectivity index (χ0) is 13.5. The fourth-order valence-electron chi connectivity index (χ4n) is 1.54. The molecule has 1 aromatic rings. The molecule has 0 aromatic heterocycles. The average Bonchev–Trinajstić information content (AvgIpc) is 2.37. The third kappa shape index (κ3) is 3.80. The fraction of sp³-hybridized carbons (Fsp3) is 0.357. The molecule has 1 aromatic carbocycles. The molecule has 0 aliphatic carbocycles. The highest BCUT2D eigenvalue weighted by molar-refractivity contribution is 5.84. The van der Waals surface area contributed by atoms with Gasteiger partial charge in [0.2, 0.25) is 5.91 Å². The molecule has 0 saturated carbocycles. The van der Waals surface area contributed by atoms with Crippen molar-refractivity contribution < 1.29 is 9.53 Å². The largest absolute Gasteiger partial charge is 0.495 e. The first-order valence-corrected chi connectivity index (χ1v) is 5.88. The summed E-state index contributed by atoms with van der Waals surface area (Å²) in [6.07, 6.45) is 1.65. The first kappa shape index (κ1) is 14.1. The van der Waals surface area contributed by atoms with E-state index in [0.29, 0.717) is 6.54 Å². The summed E-state index contributed by atoms with van der Waals surface area (Å²) in [6, 6.07) is 5.48. The van der Waals surface area contributed by atoms with Crippen LogP contribution in [0.15, 0.2) is 30.9 Å². The molecule has 1 amide bonds. The van der Waals surface area contributed by atoms with E-state index < -0.39 is 0 Å². The lowest BCUT2D eigenvalue weighted by atomic mass is 10.2. The molecule has 0 heterocycles. The molecule has 0 unspecified atom stereocenters. The molecule has 0 aliphatic rings. The Bertz CT molecular complexity index is 430. The van der Waals surface area contributed by atoms with Crippen LogP contribution in [-0.4, -0.2) is 25.6 Å². The molecule has 0 radical (unpaired) electrons. The summed E-state index contributed by atoms with van der Waals surface area (Å²) in [5.41, 5.74) is 1.92. The Morgan fingerprint density at radius 1 is 1.56 bits per heavy atom. The van der Waals surface area contributed by atoms with Gasteiger partial charge in [-0.3, -0.25) is 4.79 Å². The van der Waals surface area contributed by atoms with Gasteiger partial charge in [0.1, 0.15) is 11.8 Å². The molecular formula is C14H20N2O2. The number of aryl methyl sites for hydroxylation is 1. The lowest BCUT2D eigenvalue weighted by Gasteiger charge is -2.17. The van der Waals surface area contributed by atoms with Crippen LogP contribution in [0.25, 0.3) is 0 Å². The smallest absolute Gasteiger partial charge is 0.242 e. The lowest BCUT2D eigenvalue weighted by Crippen LogP contribution is -2.37. The maximum atomic E-state index is 11.7. The number of benzene rings is 1. The van der Waals surface area contributed by atoms with E-state index in [-0.39, 0.29) is 11.9 Å². The van der Waals surface area contributed by atoms with Crippen LogP contribution < -0.4 is 15.4 Å². The van der Waals surface area contributed by atoms with Gasteiger partial charge >= 0.3 is 0 Å².